The molecule has 0 amide bonds. The van der Waals surface area contributed by atoms with Gasteiger partial charge in [0.15, 0.2) is 14.9 Å². The van der Waals surface area contributed by atoms with E-state index in [0.29, 0.717) is 5.69 Å². The van der Waals surface area contributed by atoms with Crippen molar-refractivity contribution in [1.29, 1.82) is 0 Å². The molecule has 0 aliphatic heterocycles. The van der Waals surface area contributed by atoms with Crippen molar-refractivity contribution in [2.24, 2.45) is 0 Å². The zero-order valence-electron chi connectivity index (χ0n) is 6.90. The lowest BCUT2D eigenvalue weighted by Gasteiger charge is -2.01. The Morgan fingerprint density at radius 1 is 1.50 bits per heavy atom. The van der Waals surface area contributed by atoms with E-state index >= 15 is 0 Å². The number of nitrogen functional groups attached to an aromatic ring is 1. The molecule has 0 bridgehead atoms. The van der Waals surface area contributed by atoms with Crippen LogP contribution in [0.3, 0.4) is 0 Å². The zero-order valence-corrected chi connectivity index (χ0v) is 7.72. The Morgan fingerprint density at radius 3 is 2.50 bits per heavy atom. The highest BCUT2D eigenvalue weighted by molar-refractivity contribution is 7.90. The highest BCUT2D eigenvalue weighted by Gasteiger charge is 2.08. The summed E-state index contributed by atoms with van der Waals surface area (Å²) in [5.74, 6) is 0. The second-order valence-corrected chi connectivity index (χ2v) is 4.61. The average molecular weight is 186 g/mol. The van der Waals surface area contributed by atoms with Crippen molar-refractivity contribution >= 4 is 15.5 Å². The molecule has 12 heavy (non-hydrogen) atoms. The predicted octanol–water partition coefficient (Wildman–Crippen LogP) is 0.376. The summed E-state index contributed by atoms with van der Waals surface area (Å²) in [5, 5.41) is 0.0641. The van der Waals surface area contributed by atoms with Crippen molar-refractivity contribution in [3.63, 3.8) is 0 Å². The summed E-state index contributed by atoms with van der Waals surface area (Å²) >= 11 is 0. The molecule has 0 aromatic carbocycles. The van der Waals surface area contributed by atoms with Gasteiger partial charge in [-0.25, -0.2) is 13.4 Å². The standard InChI is InChI=1S/C7H10N2O2S/c1-5-3-7(12(2,10)11)9-4-6(5)8/h3-4H,8H2,1-2H3. The van der Waals surface area contributed by atoms with Gasteiger partial charge in [-0.3, -0.25) is 0 Å². The van der Waals surface area contributed by atoms with Crippen molar-refractivity contribution in [1.82, 2.24) is 4.98 Å². The minimum atomic E-state index is -3.21. The number of aromatic nitrogens is 1. The Balaban J connectivity index is 3.33. The van der Waals surface area contributed by atoms with Crippen molar-refractivity contribution in [2.75, 3.05) is 12.0 Å². The molecule has 0 spiro atoms. The number of rotatable bonds is 1. The number of pyridine rings is 1. The van der Waals surface area contributed by atoms with Crippen LogP contribution in [0.1, 0.15) is 5.56 Å². The Kier molecular flexibility index (Phi) is 2.06. The van der Waals surface area contributed by atoms with E-state index in [4.69, 9.17) is 5.73 Å². The molecule has 66 valence electrons. The number of nitrogens with zero attached hydrogens (tertiary/aromatic N) is 1. The van der Waals surface area contributed by atoms with Gasteiger partial charge in [-0.15, -0.1) is 0 Å². The maximum Gasteiger partial charge on any atom is 0.192 e. The maximum atomic E-state index is 11.0. The third-order valence-electron chi connectivity index (χ3n) is 1.51. The first-order chi connectivity index (χ1) is 5.41. The molecular formula is C7H10N2O2S. The number of anilines is 1. The summed E-state index contributed by atoms with van der Waals surface area (Å²) in [6.45, 7) is 1.74. The predicted molar refractivity (Wildman–Crippen MR) is 46.5 cm³/mol. The molecule has 0 saturated carbocycles. The van der Waals surface area contributed by atoms with Gasteiger partial charge >= 0.3 is 0 Å². The van der Waals surface area contributed by atoms with Gasteiger partial charge in [-0.2, -0.15) is 0 Å². The minimum absolute atomic E-state index is 0.0641. The third-order valence-corrected chi connectivity index (χ3v) is 2.49. The molecule has 0 aliphatic rings. The van der Waals surface area contributed by atoms with E-state index < -0.39 is 9.84 Å². The molecule has 2 N–H and O–H groups in total. The fraction of sp³-hybridized carbons (Fsp3) is 0.286. The summed E-state index contributed by atoms with van der Waals surface area (Å²) in [6, 6.07) is 1.46. The lowest BCUT2D eigenvalue weighted by atomic mass is 10.3. The number of hydrogen-bond donors (Lipinski definition) is 1. The van der Waals surface area contributed by atoms with Gasteiger partial charge in [0.25, 0.3) is 0 Å². The highest BCUT2D eigenvalue weighted by atomic mass is 32.2. The Hall–Kier alpha value is -1.10. The van der Waals surface area contributed by atoms with Gasteiger partial charge in [0.1, 0.15) is 0 Å². The molecule has 0 fully saturated rings. The van der Waals surface area contributed by atoms with Crippen LogP contribution in [0.2, 0.25) is 0 Å². The van der Waals surface area contributed by atoms with Crippen LogP contribution < -0.4 is 5.73 Å². The summed E-state index contributed by atoms with van der Waals surface area (Å²) in [7, 11) is -3.21. The van der Waals surface area contributed by atoms with E-state index in [2.05, 4.69) is 4.98 Å². The lowest BCUT2D eigenvalue weighted by molar-refractivity contribution is 0.598. The van der Waals surface area contributed by atoms with E-state index in [9.17, 15) is 8.42 Å². The van der Waals surface area contributed by atoms with Crippen LogP contribution in [-0.4, -0.2) is 19.7 Å². The van der Waals surface area contributed by atoms with E-state index in [1.807, 2.05) is 0 Å². The molecule has 0 radical (unpaired) electrons. The quantitative estimate of drug-likeness (QED) is 0.688. The van der Waals surface area contributed by atoms with Gasteiger partial charge in [0.2, 0.25) is 0 Å². The third kappa shape index (κ3) is 1.73. The maximum absolute atomic E-state index is 11.0. The fourth-order valence-corrected chi connectivity index (χ4v) is 1.38. The molecule has 0 saturated heterocycles. The molecule has 1 aromatic heterocycles. The summed E-state index contributed by atoms with van der Waals surface area (Å²) < 4.78 is 22.0. The SMILES string of the molecule is Cc1cc(S(C)(=O)=O)ncc1N. The molecular weight excluding hydrogens is 176 g/mol. The van der Waals surface area contributed by atoms with E-state index in [1.165, 1.54) is 12.3 Å². The van der Waals surface area contributed by atoms with Crippen LogP contribution in [-0.2, 0) is 9.84 Å². The van der Waals surface area contributed by atoms with Crippen molar-refractivity contribution in [2.45, 2.75) is 11.9 Å². The van der Waals surface area contributed by atoms with E-state index in [1.54, 1.807) is 6.92 Å². The zero-order chi connectivity index (χ0) is 9.35. The summed E-state index contributed by atoms with van der Waals surface area (Å²) in [5.41, 5.74) is 6.70. The van der Waals surface area contributed by atoms with Gasteiger partial charge in [0, 0.05) is 6.26 Å². The van der Waals surface area contributed by atoms with Crippen molar-refractivity contribution in [3.05, 3.63) is 17.8 Å². The van der Waals surface area contributed by atoms with Gasteiger partial charge in [-0.05, 0) is 18.6 Å². The molecule has 5 heteroatoms. The normalized spacial score (nSPS) is 11.5. The van der Waals surface area contributed by atoms with Crippen molar-refractivity contribution in [3.8, 4) is 0 Å². The first-order valence-corrected chi connectivity index (χ1v) is 5.22. The minimum Gasteiger partial charge on any atom is -0.397 e. The number of nitrogens with two attached hydrogens (primary N) is 1. The Bertz CT molecular complexity index is 398. The van der Waals surface area contributed by atoms with Crippen LogP contribution in [0.5, 0.6) is 0 Å². The molecule has 1 rings (SSSR count). The van der Waals surface area contributed by atoms with Crippen LogP contribution >= 0.6 is 0 Å². The largest absolute Gasteiger partial charge is 0.397 e. The highest BCUT2D eigenvalue weighted by Crippen LogP contribution is 2.12. The molecule has 0 aliphatic carbocycles. The first-order valence-electron chi connectivity index (χ1n) is 3.33. The summed E-state index contributed by atoms with van der Waals surface area (Å²) in [6.07, 6.45) is 2.47. The smallest absolute Gasteiger partial charge is 0.192 e. The van der Waals surface area contributed by atoms with Gasteiger partial charge < -0.3 is 5.73 Å². The van der Waals surface area contributed by atoms with E-state index in [0.717, 1.165) is 11.8 Å². The number of sulfone groups is 1. The molecule has 0 unspecified atom stereocenters. The van der Waals surface area contributed by atoms with E-state index in [-0.39, 0.29) is 5.03 Å². The molecule has 1 aromatic rings. The topological polar surface area (TPSA) is 73.0 Å². The van der Waals surface area contributed by atoms with Crippen LogP contribution in [0.25, 0.3) is 0 Å². The number of hydrogen-bond acceptors (Lipinski definition) is 4. The van der Waals surface area contributed by atoms with Crippen LogP contribution in [0.4, 0.5) is 5.69 Å². The summed E-state index contributed by atoms with van der Waals surface area (Å²) in [4.78, 5) is 3.70. The second kappa shape index (κ2) is 2.75. The van der Waals surface area contributed by atoms with Crippen molar-refractivity contribution < 1.29 is 8.42 Å². The molecule has 0 atom stereocenters. The Morgan fingerprint density at radius 2 is 2.08 bits per heavy atom. The number of aryl methyl sites for hydroxylation is 1. The molecule has 1 heterocycles. The monoisotopic (exact) mass is 186 g/mol. The van der Waals surface area contributed by atoms with Gasteiger partial charge in [0.05, 0.1) is 11.9 Å². The Labute approximate surface area is 71.3 Å². The van der Waals surface area contributed by atoms with Crippen LogP contribution in [0, 0.1) is 6.92 Å². The first kappa shape index (κ1) is 8.99. The lowest BCUT2D eigenvalue weighted by Crippen LogP contribution is -2.02. The van der Waals surface area contributed by atoms with Crippen LogP contribution in [0.15, 0.2) is 17.3 Å². The average Bonchev–Trinajstić information content (AvgIpc) is 1.92. The second-order valence-electron chi connectivity index (χ2n) is 2.65. The van der Waals surface area contributed by atoms with Gasteiger partial charge in [-0.1, -0.05) is 0 Å². The molecule has 4 nitrogen and oxygen atoms in total. The fourth-order valence-electron chi connectivity index (χ4n) is 0.744.